The first kappa shape index (κ1) is 27.2. The van der Waals surface area contributed by atoms with Gasteiger partial charge in [-0.1, -0.05) is 0 Å². The lowest BCUT2D eigenvalue weighted by Crippen LogP contribution is -2.46. The number of nitrogens with two attached hydrogens (primary N) is 1. The predicted molar refractivity (Wildman–Crippen MR) is 137 cm³/mol. The molecule has 3 N–H and O–H groups in total. The first-order valence-electron chi connectivity index (χ1n) is 12.8. The molecule has 0 spiro atoms. The topological polar surface area (TPSA) is 155 Å². The average Bonchev–Trinajstić information content (AvgIpc) is 3.60. The Kier molecular flexibility index (Phi) is 7.49. The molecule has 1 saturated carbocycles. The first-order valence-corrected chi connectivity index (χ1v) is 12.8. The number of carbonyl (C=O) groups is 1. The van der Waals surface area contributed by atoms with Gasteiger partial charge in [-0.3, -0.25) is 9.48 Å². The summed E-state index contributed by atoms with van der Waals surface area (Å²) in [5.41, 5.74) is 7.24. The monoisotopic (exact) mass is 552 g/mol. The average molecular weight is 553 g/mol. The molecule has 14 heteroatoms. The Labute approximate surface area is 227 Å². The first-order chi connectivity index (χ1) is 19.2. The molecule has 4 aromatic heterocycles. The van der Waals surface area contributed by atoms with Crippen LogP contribution in [0.2, 0.25) is 0 Å². The van der Waals surface area contributed by atoms with Crippen LogP contribution in [0.1, 0.15) is 48.4 Å². The van der Waals surface area contributed by atoms with Crippen molar-refractivity contribution in [1.82, 2.24) is 39.6 Å². The van der Waals surface area contributed by atoms with Crippen LogP contribution in [0.5, 0.6) is 0 Å². The van der Waals surface area contributed by atoms with E-state index in [1.807, 2.05) is 16.9 Å². The van der Waals surface area contributed by atoms with Crippen molar-refractivity contribution < 1.29 is 18.0 Å². The zero-order valence-electron chi connectivity index (χ0n) is 21.5. The molecule has 4 aromatic rings. The quantitative estimate of drug-likeness (QED) is 0.303. The van der Waals surface area contributed by atoms with E-state index in [2.05, 4.69) is 36.1 Å². The molecule has 1 amide bonds. The predicted octanol–water partition coefficient (Wildman–Crippen LogP) is 3.53. The van der Waals surface area contributed by atoms with Crippen LogP contribution in [0.15, 0.2) is 43.2 Å². The van der Waals surface area contributed by atoms with Crippen LogP contribution in [-0.4, -0.2) is 65.1 Å². The van der Waals surface area contributed by atoms with Gasteiger partial charge in [0, 0.05) is 49.2 Å². The SMILES string of the molecule is N#CC[C@]1(n2cc(-c3ncnc4[nH]ccc34)cn2)C[C@H](CCCN(CCN)C(=O)c2ccnc(C(F)(F)F)n2)C1. The minimum Gasteiger partial charge on any atom is -0.346 e. The minimum atomic E-state index is -4.74. The summed E-state index contributed by atoms with van der Waals surface area (Å²) in [6.45, 7) is 0.691. The molecule has 4 heterocycles. The largest absolute Gasteiger partial charge is 0.451 e. The molecule has 1 aliphatic rings. The summed E-state index contributed by atoms with van der Waals surface area (Å²) in [5, 5.41) is 15.0. The van der Waals surface area contributed by atoms with E-state index in [-0.39, 0.29) is 18.8 Å². The number of hydrogen-bond donors (Lipinski definition) is 2. The van der Waals surface area contributed by atoms with Crippen LogP contribution >= 0.6 is 0 Å². The molecular weight excluding hydrogens is 525 g/mol. The maximum absolute atomic E-state index is 13.0. The number of nitrogens with zero attached hydrogens (tertiary/aromatic N) is 8. The van der Waals surface area contributed by atoms with Gasteiger partial charge in [-0.15, -0.1) is 0 Å². The van der Waals surface area contributed by atoms with E-state index < -0.39 is 23.4 Å². The van der Waals surface area contributed by atoms with Gasteiger partial charge in [0.05, 0.1) is 29.9 Å². The number of H-pyrrole nitrogens is 1. The third-order valence-corrected chi connectivity index (χ3v) is 7.30. The number of nitrogens with one attached hydrogen (secondary N) is 1. The van der Waals surface area contributed by atoms with Crippen molar-refractivity contribution in [3.8, 4) is 17.3 Å². The van der Waals surface area contributed by atoms with E-state index >= 15 is 0 Å². The fourth-order valence-corrected chi connectivity index (χ4v) is 5.40. The fourth-order valence-electron chi connectivity index (χ4n) is 5.40. The third kappa shape index (κ3) is 5.37. The standard InChI is InChI=1S/C26H27F3N10O/c27-26(28,29)24-33-9-4-20(37-24)23(40)38(11-7-31)10-1-2-17-12-25(13-17,5-6-30)39-15-18(14-36-39)21-19-3-8-32-22(19)35-16-34-21/h3-4,8-9,14-17H,1-2,5,7,10-13,31H2,(H,32,34,35)/t17-,25-. The van der Waals surface area contributed by atoms with E-state index in [0.717, 1.165) is 47.8 Å². The number of amides is 1. The number of hydrogen-bond acceptors (Lipinski definition) is 8. The van der Waals surface area contributed by atoms with Gasteiger partial charge in [0.25, 0.3) is 5.91 Å². The highest BCUT2D eigenvalue weighted by Gasteiger charge is 2.46. The Morgan fingerprint density at radius 2 is 2.08 bits per heavy atom. The van der Waals surface area contributed by atoms with Crippen molar-refractivity contribution in [3.63, 3.8) is 0 Å². The lowest BCUT2D eigenvalue weighted by molar-refractivity contribution is -0.145. The summed E-state index contributed by atoms with van der Waals surface area (Å²) in [7, 11) is 0. The highest BCUT2D eigenvalue weighted by atomic mass is 19.4. The van der Waals surface area contributed by atoms with Crippen LogP contribution < -0.4 is 5.73 Å². The Morgan fingerprint density at radius 1 is 1.25 bits per heavy atom. The molecule has 0 saturated heterocycles. The van der Waals surface area contributed by atoms with Crippen molar-refractivity contribution in [2.45, 2.75) is 43.8 Å². The Hall–Kier alpha value is -4.38. The number of nitriles is 1. The summed E-state index contributed by atoms with van der Waals surface area (Å²) < 4.78 is 40.8. The van der Waals surface area contributed by atoms with Gasteiger partial charge in [0.15, 0.2) is 0 Å². The summed E-state index contributed by atoms with van der Waals surface area (Å²) >= 11 is 0. The molecule has 0 atom stereocenters. The Balaban J connectivity index is 1.21. The van der Waals surface area contributed by atoms with E-state index in [9.17, 15) is 23.2 Å². The number of alkyl halides is 3. The van der Waals surface area contributed by atoms with Gasteiger partial charge < -0.3 is 15.6 Å². The molecule has 0 unspecified atom stereocenters. The zero-order valence-corrected chi connectivity index (χ0v) is 21.5. The molecule has 11 nitrogen and oxygen atoms in total. The number of fused-ring (bicyclic) bond motifs is 1. The molecule has 208 valence electrons. The third-order valence-electron chi connectivity index (χ3n) is 7.30. The fraction of sp³-hybridized carbons (Fsp3) is 0.423. The molecule has 0 radical (unpaired) electrons. The molecule has 0 aliphatic heterocycles. The number of aromatic nitrogens is 7. The second-order valence-electron chi connectivity index (χ2n) is 9.96. The number of halogens is 3. The van der Waals surface area contributed by atoms with Gasteiger partial charge in [0.1, 0.15) is 17.7 Å². The number of rotatable bonds is 10. The maximum Gasteiger partial charge on any atom is 0.451 e. The summed E-state index contributed by atoms with van der Waals surface area (Å²) in [6, 6.07) is 5.37. The second-order valence-corrected chi connectivity index (χ2v) is 9.96. The Bertz CT molecular complexity index is 1530. The van der Waals surface area contributed by atoms with Crippen LogP contribution in [0.25, 0.3) is 22.3 Å². The second kappa shape index (κ2) is 11.0. The minimum absolute atomic E-state index is 0.167. The molecule has 1 aliphatic carbocycles. The highest BCUT2D eigenvalue weighted by molar-refractivity contribution is 5.92. The van der Waals surface area contributed by atoms with Crippen molar-refractivity contribution in [2.24, 2.45) is 11.7 Å². The number of carbonyl (C=O) groups excluding carboxylic acids is 1. The van der Waals surface area contributed by atoms with Crippen LogP contribution in [0.4, 0.5) is 13.2 Å². The molecule has 5 rings (SSSR count). The van der Waals surface area contributed by atoms with Gasteiger partial charge in [-0.25, -0.2) is 19.9 Å². The van der Waals surface area contributed by atoms with Crippen molar-refractivity contribution in [1.29, 1.82) is 5.26 Å². The normalized spacial score (nSPS) is 18.8. The van der Waals surface area contributed by atoms with Gasteiger partial charge in [-0.05, 0) is 43.7 Å². The smallest absolute Gasteiger partial charge is 0.346 e. The molecule has 0 aromatic carbocycles. The van der Waals surface area contributed by atoms with Crippen molar-refractivity contribution in [3.05, 3.63) is 54.8 Å². The van der Waals surface area contributed by atoms with E-state index in [1.165, 1.54) is 17.3 Å². The van der Waals surface area contributed by atoms with Gasteiger partial charge in [0.2, 0.25) is 5.82 Å². The molecule has 1 fully saturated rings. The lowest BCUT2D eigenvalue weighted by Gasteiger charge is -2.47. The van der Waals surface area contributed by atoms with Gasteiger partial charge >= 0.3 is 6.18 Å². The lowest BCUT2D eigenvalue weighted by atomic mass is 9.65. The summed E-state index contributed by atoms with van der Waals surface area (Å²) in [4.78, 5) is 32.6. The summed E-state index contributed by atoms with van der Waals surface area (Å²) in [5.74, 6) is -1.66. The summed E-state index contributed by atoms with van der Waals surface area (Å²) in [6.07, 6.45) is 6.36. The number of aromatic amines is 1. The van der Waals surface area contributed by atoms with Crippen LogP contribution in [0.3, 0.4) is 0 Å². The van der Waals surface area contributed by atoms with Crippen LogP contribution in [0, 0.1) is 17.2 Å². The van der Waals surface area contributed by atoms with Crippen molar-refractivity contribution in [2.75, 3.05) is 19.6 Å². The Morgan fingerprint density at radius 3 is 2.83 bits per heavy atom. The zero-order chi connectivity index (χ0) is 28.3. The molecule has 0 bridgehead atoms. The maximum atomic E-state index is 13.0. The van der Waals surface area contributed by atoms with Crippen molar-refractivity contribution >= 4 is 16.9 Å². The molecular formula is C26H27F3N10O. The van der Waals surface area contributed by atoms with Crippen LogP contribution in [-0.2, 0) is 11.7 Å². The highest BCUT2D eigenvalue weighted by Crippen LogP contribution is 2.48. The molecule has 40 heavy (non-hydrogen) atoms. The van der Waals surface area contributed by atoms with E-state index in [1.54, 1.807) is 12.4 Å². The van der Waals surface area contributed by atoms with E-state index in [0.29, 0.717) is 25.3 Å². The van der Waals surface area contributed by atoms with E-state index in [4.69, 9.17) is 5.73 Å². The van der Waals surface area contributed by atoms with Gasteiger partial charge in [-0.2, -0.15) is 23.5 Å².